The molecule has 0 saturated heterocycles. The van der Waals surface area contributed by atoms with E-state index in [-0.39, 0.29) is 17.7 Å². The molecule has 1 heterocycles. The number of non-ortho nitro benzene ring substituents is 1. The molecule has 0 aliphatic rings. The highest BCUT2D eigenvalue weighted by atomic mass is 16.6. The number of nitrogens with zero attached hydrogens (tertiary/aromatic N) is 3. The molecule has 0 saturated carbocycles. The zero-order valence-electron chi connectivity index (χ0n) is 12.4. The molecule has 0 spiro atoms. The lowest BCUT2D eigenvalue weighted by Crippen LogP contribution is -2.34. The summed E-state index contributed by atoms with van der Waals surface area (Å²) in [7, 11) is 0. The monoisotopic (exact) mass is 324 g/mol. The maximum Gasteiger partial charge on any atom is 0.280 e. The number of carbonyl (C=O) groups excluding carboxylic acids is 1. The van der Waals surface area contributed by atoms with Gasteiger partial charge in [-0.3, -0.25) is 25.1 Å². The normalized spacial score (nSPS) is 10.5. The van der Waals surface area contributed by atoms with Crippen LogP contribution in [0, 0.1) is 10.1 Å². The van der Waals surface area contributed by atoms with E-state index in [2.05, 4.69) is 10.4 Å². The zero-order valence-corrected chi connectivity index (χ0v) is 12.4. The van der Waals surface area contributed by atoms with Gasteiger partial charge in [0, 0.05) is 12.1 Å². The smallest absolute Gasteiger partial charge is 0.273 e. The van der Waals surface area contributed by atoms with Crippen molar-refractivity contribution in [1.82, 2.24) is 9.66 Å². The Morgan fingerprint density at radius 3 is 2.58 bits per heavy atom. The fraction of sp³-hybridized carbons (Fsp3) is 0.0625. The first-order valence-corrected chi connectivity index (χ1v) is 7.04. The lowest BCUT2D eigenvalue weighted by atomic mass is 10.1. The number of amides is 1. The molecule has 0 atom stereocenters. The van der Waals surface area contributed by atoms with Gasteiger partial charge in [-0.2, -0.15) is 0 Å². The number of hydrogen-bond donors (Lipinski definition) is 1. The van der Waals surface area contributed by atoms with Gasteiger partial charge >= 0.3 is 0 Å². The SMILES string of the molecule is O=C(Cc1ccc([N+](=O)[O-])cc1)Nn1cnc2ccccc2c1=O. The number of para-hydroxylation sites is 1. The molecule has 0 unspecified atom stereocenters. The number of aromatic nitrogens is 2. The second kappa shape index (κ2) is 6.29. The Labute approximate surface area is 135 Å². The van der Waals surface area contributed by atoms with Crippen LogP contribution in [0.4, 0.5) is 5.69 Å². The highest BCUT2D eigenvalue weighted by Crippen LogP contribution is 2.12. The van der Waals surface area contributed by atoms with Gasteiger partial charge in [0.1, 0.15) is 6.33 Å². The van der Waals surface area contributed by atoms with E-state index in [1.807, 2.05) is 0 Å². The van der Waals surface area contributed by atoms with Crippen LogP contribution in [0.1, 0.15) is 5.56 Å². The third-order valence-electron chi connectivity index (χ3n) is 3.42. The molecule has 0 aliphatic heterocycles. The number of nitrogens with one attached hydrogen (secondary N) is 1. The Balaban J connectivity index is 1.76. The van der Waals surface area contributed by atoms with Crippen molar-refractivity contribution in [2.24, 2.45) is 0 Å². The number of carbonyl (C=O) groups is 1. The van der Waals surface area contributed by atoms with E-state index in [4.69, 9.17) is 0 Å². The van der Waals surface area contributed by atoms with Gasteiger partial charge < -0.3 is 0 Å². The van der Waals surface area contributed by atoms with Crippen LogP contribution in [0.25, 0.3) is 10.9 Å². The molecule has 3 rings (SSSR count). The van der Waals surface area contributed by atoms with Crippen LogP contribution in [0.15, 0.2) is 59.7 Å². The van der Waals surface area contributed by atoms with Crippen molar-refractivity contribution < 1.29 is 9.72 Å². The highest BCUT2D eigenvalue weighted by molar-refractivity contribution is 5.86. The maximum atomic E-state index is 12.3. The Morgan fingerprint density at radius 2 is 1.88 bits per heavy atom. The van der Waals surface area contributed by atoms with Gasteiger partial charge in [-0.05, 0) is 17.7 Å². The first kappa shape index (κ1) is 15.3. The Morgan fingerprint density at radius 1 is 1.17 bits per heavy atom. The van der Waals surface area contributed by atoms with Gasteiger partial charge in [-0.15, -0.1) is 0 Å². The summed E-state index contributed by atoms with van der Waals surface area (Å²) >= 11 is 0. The van der Waals surface area contributed by atoms with E-state index in [1.54, 1.807) is 24.3 Å². The van der Waals surface area contributed by atoms with E-state index in [1.165, 1.54) is 30.6 Å². The number of nitro groups is 1. The van der Waals surface area contributed by atoms with Crippen molar-refractivity contribution in [2.45, 2.75) is 6.42 Å². The molecular weight excluding hydrogens is 312 g/mol. The lowest BCUT2D eigenvalue weighted by molar-refractivity contribution is -0.384. The third kappa shape index (κ3) is 3.12. The summed E-state index contributed by atoms with van der Waals surface area (Å²) in [4.78, 5) is 38.5. The molecule has 2 aromatic carbocycles. The minimum Gasteiger partial charge on any atom is -0.273 e. The van der Waals surface area contributed by atoms with E-state index in [0.29, 0.717) is 16.5 Å². The summed E-state index contributed by atoms with van der Waals surface area (Å²) in [5.74, 6) is -0.428. The van der Waals surface area contributed by atoms with Gasteiger partial charge in [0.05, 0.1) is 22.2 Å². The summed E-state index contributed by atoms with van der Waals surface area (Å²) < 4.78 is 1.02. The molecule has 8 nitrogen and oxygen atoms in total. The van der Waals surface area contributed by atoms with Crippen molar-refractivity contribution in [3.63, 3.8) is 0 Å². The second-order valence-corrected chi connectivity index (χ2v) is 5.07. The predicted octanol–water partition coefficient (Wildman–Crippen LogP) is 1.62. The van der Waals surface area contributed by atoms with Crippen molar-refractivity contribution in [3.8, 4) is 0 Å². The highest BCUT2D eigenvalue weighted by Gasteiger charge is 2.09. The van der Waals surface area contributed by atoms with E-state index in [0.717, 1.165) is 4.68 Å². The molecule has 1 N–H and O–H groups in total. The molecule has 0 fully saturated rings. The first-order chi connectivity index (χ1) is 11.5. The van der Waals surface area contributed by atoms with E-state index in [9.17, 15) is 19.7 Å². The van der Waals surface area contributed by atoms with Crippen LogP contribution in [0.2, 0.25) is 0 Å². The number of fused-ring (bicyclic) bond motifs is 1. The summed E-state index contributed by atoms with van der Waals surface area (Å²) in [6.45, 7) is 0. The average molecular weight is 324 g/mol. The van der Waals surface area contributed by atoms with Gasteiger partial charge in [0.15, 0.2) is 0 Å². The third-order valence-corrected chi connectivity index (χ3v) is 3.42. The van der Waals surface area contributed by atoms with Gasteiger partial charge in [-0.1, -0.05) is 24.3 Å². The summed E-state index contributed by atoms with van der Waals surface area (Å²) in [5, 5.41) is 11.0. The van der Waals surface area contributed by atoms with Gasteiger partial charge in [0.2, 0.25) is 5.91 Å². The fourth-order valence-corrected chi connectivity index (χ4v) is 2.24. The predicted molar refractivity (Wildman–Crippen MR) is 87.2 cm³/mol. The summed E-state index contributed by atoms with van der Waals surface area (Å²) in [5.41, 5.74) is 3.17. The summed E-state index contributed by atoms with van der Waals surface area (Å²) in [6, 6.07) is 12.5. The number of benzene rings is 2. The quantitative estimate of drug-likeness (QED) is 0.579. The zero-order chi connectivity index (χ0) is 17.1. The van der Waals surface area contributed by atoms with Crippen LogP contribution in [-0.2, 0) is 11.2 Å². The van der Waals surface area contributed by atoms with Crippen molar-refractivity contribution in [1.29, 1.82) is 0 Å². The van der Waals surface area contributed by atoms with E-state index >= 15 is 0 Å². The van der Waals surface area contributed by atoms with Crippen molar-refractivity contribution >= 4 is 22.5 Å². The maximum absolute atomic E-state index is 12.3. The Bertz CT molecular complexity index is 979. The summed E-state index contributed by atoms with van der Waals surface area (Å²) in [6.07, 6.45) is 1.23. The lowest BCUT2D eigenvalue weighted by Gasteiger charge is -2.08. The molecule has 24 heavy (non-hydrogen) atoms. The first-order valence-electron chi connectivity index (χ1n) is 7.04. The van der Waals surface area contributed by atoms with E-state index < -0.39 is 10.8 Å². The van der Waals surface area contributed by atoms with Crippen LogP contribution in [0.3, 0.4) is 0 Å². The molecule has 120 valence electrons. The van der Waals surface area contributed by atoms with Gasteiger partial charge in [0.25, 0.3) is 11.2 Å². The minimum atomic E-state index is -0.510. The molecular formula is C16H12N4O4. The van der Waals surface area contributed by atoms with Crippen LogP contribution in [-0.4, -0.2) is 20.5 Å². The molecule has 1 aromatic heterocycles. The molecule has 3 aromatic rings. The van der Waals surface area contributed by atoms with Crippen LogP contribution < -0.4 is 11.0 Å². The molecule has 1 amide bonds. The number of hydrogen-bond acceptors (Lipinski definition) is 5. The molecule has 8 heteroatoms. The van der Waals surface area contributed by atoms with Crippen molar-refractivity contribution in [3.05, 3.63) is 80.9 Å². The average Bonchev–Trinajstić information content (AvgIpc) is 2.58. The molecule has 0 aliphatic carbocycles. The minimum absolute atomic E-state index is 0.0166. The largest absolute Gasteiger partial charge is 0.280 e. The number of nitro benzene ring substituents is 1. The number of rotatable bonds is 4. The van der Waals surface area contributed by atoms with Crippen LogP contribution >= 0.6 is 0 Å². The van der Waals surface area contributed by atoms with Crippen molar-refractivity contribution in [2.75, 3.05) is 5.43 Å². The molecule has 0 bridgehead atoms. The van der Waals surface area contributed by atoms with Gasteiger partial charge in [-0.25, -0.2) is 9.66 Å². The van der Waals surface area contributed by atoms with Crippen LogP contribution in [0.5, 0.6) is 0 Å². The fourth-order valence-electron chi connectivity index (χ4n) is 2.24. The standard InChI is InChI=1S/C16H12N4O4/c21-15(9-11-5-7-12(8-6-11)20(23)24)18-19-10-17-14-4-2-1-3-13(14)16(19)22/h1-8,10H,9H2,(H,18,21). The Hall–Kier alpha value is -3.55. The topological polar surface area (TPSA) is 107 Å². The Kier molecular flexibility index (Phi) is 4.02. The second-order valence-electron chi connectivity index (χ2n) is 5.07. The molecule has 0 radical (unpaired) electrons.